The number of piperidine rings is 3. The van der Waals surface area contributed by atoms with E-state index in [1.165, 1.54) is 35.9 Å². The van der Waals surface area contributed by atoms with E-state index in [9.17, 15) is 9.18 Å². The van der Waals surface area contributed by atoms with E-state index in [0.717, 1.165) is 32.5 Å². The molecule has 2 aromatic heterocycles. The van der Waals surface area contributed by atoms with E-state index in [1.807, 2.05) is 0 Å². The minimum absolute atomic E-state index is 0.121. The van der Waals surface area contributed by atoms with Crippen molar-refractivity contribution in [2.24, 2.45) is 5.92 Å². The second-order valence-corrected chi connectivity index (χ2v) is 7.11. The van der Waals surface area contributed by atoms with Crippen LogP contribution in [0.25, 0.3) is 10.7 Å². The second kappa shape index (κ2) is 5.98. The molecular formula is C16H17FN4OS. The Kier molecular flexibility index (Phi) is 3.82. The normalized spacial score (nSPS) is 26.2. The molecule has 3 saturated heterocycles. The van der Waals surface area contributed by atoms with Crippen molar-refractivity contribution in [2.75, 3.05) is 19.6 Å². The predicted octanol–water partition coefficient (Wildman–Crippen LogP) is 2.17. The highest BCUT2D eigenvalue weighted by Crippen LogP contribution is 2.29. The molecule has 1 N–H and O–H groups in total. The molecule has 23 heavy (non-hydrogen) atoms. The minimum Gasteiger partial charge on any atom is -0.347 e. The molecule has 3 aliphatic heterocycles. The number of hydrogen-bond acceptors (Lipinski definition) is 5. The molecule has 0 saturated carbocycles. The van der Waals surface area contributed by atoms with E-state index in [4.69, 9.17) is 0 Å². The van der Waals surface area contributed by atoms with Crippen molar-refractivity contribution in [1.29, 1.82) is 0 Å². The number of nitrogens with one attached hydrogen (secondary N) is 1. The fraction of sp³-hybridized carbons (Fsp3) is 0.438. The largest absolute Gasteiger partial charge is 0.347 e. The van der Waals surface area contributed by atoms with Gasteiger partial charge in [0.25, 0.3) is 5.91 Å². The number of fused-ring (bicyclic) bond motifs is 3. The van der Waals surface area contributed by atoms with Gasteiger partial charge in [-0.15, -0.1) is 11.3 Å². The topological polar surface area (TPSA) is 58.1 Å². The Labute approximate surface area is 137 Å². The molecule has 7 heteroatoms. The summed E-state index contributed by atoms with van der Waals surface area (Å²) < 4.78 is 13.8. The first-order chi connectivity index (χ1) is 11.2. The van der Waals surface area contributed by atoms with Gasteiger partial charge in [0, 0.05) is 18.8 Å². The standard InChI is InChI=1S/C16H17FN4OS/c17-11-2-1-5-18-14(11)16-19-8-13(23-16)15(22)20-12-9-21-6-3-10(12)4-7-21/h1-2,5,8,10,12H,3-4,6-7,9H2,(H,20,22). The predicted molar refractivity (Wildman–Crippen MR) is 85.7 cm³/mol. The lowest BCUT2D eigenvalue weighted by Crippen LogP contribution is -2.57. The molecule has 2 bridgehead atoms. The highest BCUT2D eigenvalue weighted by molar-refractivity contribution is 7.16. The Hall–Kier alpha value is -1.86. The zero-order chi connectivity index (χ0) is 15.8. The van der Waals surface area contributed by atoms with Gasteiger partial charge in [0.05, 0.1) is 6.20 Å². The average molecular weight is 332 g/mol. The third-order valence-electron chi connectivity index (χ3n) is 4.66. The second-order valence-electron chi connectivity index (χ2n) is 6.08. The number of rotatable bonds is 3. The lowest BCUT2D eigenvalue weighted by molar-refractivity contribution is 0.0622. The van der Waals surface area contributed by atoms with E-state index in [0.29, 0.717) is 15.8 Å². The third kappa shape index (κ3) is 2.86. The summed E-state index contributed by atoms with van der Waals surface area (Å²) in [4.78, 5) is 23.5. The number of nitrogens with zero attached hydrogens (tertiary/aromatic N) is 3. The lowest BCUT2D eigenvalue weighted by Gasteiger charge is -2.44. The Morgan fingerprint density at radius 2 is 2.17 bits per heavy atom. The number of carbonyl (C=O) groups is 1. The summed E-state index contributed by atoms with van der Waals surface area (Å²) in [5.74, 6) is 0.0274. The molecule has 120 valence electrons. The van der Waals surface area contributed by atoms with Crippen molar-refractivity contribution in [2.45, 2.75) is 18.9 Å². The summed E-state index contributed by atoms with van der Waals surface area (Å²) in [6, 6.07) is 3.09. The molecule has 1 amide bonds. The van der Waals surface area contributed by atoms with Crippen molar-refractivity contribution in [1.82, 2.24) is 20.2 Å². The van der Waals surface area contributed by atoms with Gasteiger partial charge >= 0.3 is 0 Å². The van der Waals surface area contributed by atoms with Gasteiger partial charge in [-0.1, -0.05) is 0 Å². The molecular weight excluding hydrogens is 315 g/mol. The number of amides is 1. The maximum Gasteiger partial charge on any atom is 0.263 e. The molecule has 3 aliphatic rings. The number of pyridine rings is 1. The van der Waals surface area contributed by atoms with Crippen LogP contribution >= 0.6 is 11.3 Å². The first kappa shape index (κ1) is 14.7. The highest BCUT2D eigenvalue weighted by Gasteiger charge is 2.35. The van der Waals surface area contributed by atoms with Gasteiger partial charge in [0.15, 0.2) is 5.82 Å². The van der Waals surface area contributed by atoms with Crippen molar-refractivity contribution >= 4 is 17.2 Å². The zero-order valence-corrected chi connectivity index (χ0v) is 13.4. The molecule has 0 aromatic carbocycles. The highest BCUT2D eigenvalue weighted by atomic mass is 32.1. The van der Waals surface area contributed by atoms with Gasteiger partial charge in [0.2, 0.25) is 0 Å². The van der Waals surface area contributed by atoms with Gasteiger partial charge in [-0.25, -0.2) is 9.37 Å². The van der Waals surface area contributed by atoms with E-state index >= 15 is 0 Å². The van der Waals surface area contributed by atoms with Gasteiger partial charge < -0.3 is 10.2 Å². The summed E-state index contributed by atoms with van der Waals surface area (Å²) >= 11 is 1.18. The molecule has 0 spiro atoms. The first-order valence-corrected chi connectivity index (χ1v) is 8.62. The average Bonchev–Trinajstić information content (AvgIpc) is 3.06. The van der Waals surface area contributed by atoms with Gasteiger partial charge in [-0.2, -0.15) is 0 Å². The number of thiazole rings is 1. The molecule has 3 fully saturated rings. The van der Waals surface area contributed by atoms with Crippen LogP contribution in [0.2, 0.25) is 0 Å². The van der Waals surface area contributed by atoms with Crippen molar-refractivity contribution in [3.63, 3.8) is 0 Å². The van der Waals surface area contributed by atoms with Crippen LogP contribution in [-0.2, 0) is 0 Å². The molecule has 0 radical (unpaired) electrons. The van der Waals surface area contributed by atoms with Crippen LogP contribution in [0.15, 0.2) is 24.5 Å². The molecule has 1 unspecified atom stereocenters. The van der Waals surface area contributed by atoms with Crippen molar-refractivity contribution in [3.8, 4) is 10.7 Å². The number of hydrogen-bond donors (Lipinski definition) is 1. The van der Waals surface area contributed by atoms with Crippen molar-refractivity contribution in [3.05, 3.63) is 35.2 Å². The maximum atomic E-state index is 13.8. The van der Waals surface area contributed by atoms with Crippen LogP contribution in [0, 0.1) is 11.7 Å². The monoisotopic (exact) mass is 332 g/mol. The first-order valence-electron chi connectivity index (χ1n) is 7.80. The summed E-state index contributed by atoms with van der Waals surface area (Å²) in [5.41, 5.74) is 0.194. The summed E-state index contributed by atoms with van der Waals surface area (Å²) in [7, 11) is 0. The Morgan fingerprint density at radius 3 is 2.87 bits per heavy atom. The molecule has 2 aromatic rings. The summed E-state index contributed by atoms with van der Waals surface area (Å²) in [5, 5.41) is 3.55. The molecule has 5 rings (SSSR count). The molecule has 0 aliphatic carbocycles. The van der Waals surface area contributed by atoms with E-state index in [-0.39, 0.29) is 17.6 Å². The van der Waals surface area contributed by atoms with Gasteiger partial charge in [0.1, 0.15) is 15.6 Å². The van der Waals surface area contributed by atoms with E-state index in [2.05, 4.69) is 20.2 Å². The smallest absolute Gasteiger partial charge is 0.263 e. The summed E-state index contributed by atoms with van der Waals surface area (Å²) in [6.07, 6.45) is 5.33. The van der Waals surface area contributed by atoms with Crippen LogP contribution in [0.1, 0.15) is 22.5 Å². The fourth-order valence-electron chi connectivity index (χ4n) is 3.40. The van der Waals surface area contributed by atoms with E-state index < -0.39 is 5.82 Å². The SMILES string of the molecule is O=C(NC1CN2CCC1CC2)c1cnc(-c2ncccc2F)s1. The number of halogens is 1. The maximum absolute atomic E-state index is 13.8. The van der Waals surface area contributed by atoms with Crippen molar-refractivity contribution < 1.29 is 9.18 Å². The molecule has 1 atom stereocenters. The third-order valence-corrected chi connectivity index (χ3v) is 5.67. The Balaban J connectivity index is 1.48. The van der Waals surface area contributed by atoms with Crippen LogP contribution < -0.4 is 5.32 Å². The van der Waals surface area contributed by atoms with Crippen LogP contribution in [0.3, 0.4) is 0 Å². The number of aromatic nitrogens is 2. The van der Waals surface area contributed by atoms with Crippen LogP contribution in [0.5, 0.6) is 0 Å². The number of carbonyl (C=O) groups excluding carboxylic acids is 1. The Morgan fingerprint density at radius 1 is 1.35 bits per heavy atom. The van der Waals surface area contributed by atoms with Crippen LogP contribution in [-0.4, -0.2) is 46.5 Å². The van der Waals surface area contributed by atoms with Gasteiger partial charge in [-0.3, -0.25) is 9.78 Å². The molecule has 5 nitrogen and oxygen atoms in total. The lowest BCUT2D eigenvalue weighted by atomic mass is 9.84. The quantitative estimate of drug-likeness (QED) is 0.936. The Bertz CT molecular complexity index is 726. The van der Waals surface area contributed by atoms with E-state index in [1.54, 1.807) is 0 Å². The minimum atomic E-state index is -0.425. The van der Waals surface area contributed by atoms with Gasteiger partial charge in [-0.05, 0) is 44.0 Å². The summed E-state index contributed by atoms with van der Waals surface area (Å²) in [6.45, 7) is 3.21. The molecule has 5 heterocycles. The van der Waals surface area contributed by atoms with Crippen LogP contribution in [0.4, 0.5) is 4.39 Å². The zero-order valence-electron chi connectivity index (χ0n) is 12.5. The fourth-order valence-corrected chi connectivity index (χ4v) is 4.22.